The molecule has 0 spiro atoms. The van der Waals surface area contributed by atoms with Crippen LogP contribution in [0.3, 0.4) is 0 Å². The fourth-order valence-corrected chi connectivity index (χ4v) is 1.93. The highest BCUT2D eigenvalue weighted by Crippen LogP contribution is 2.32. The van der Waals surface area contributed by atoms with Gasteiger partial charge in [-0.2, -0.15) is 0 Å². The minimum absolute atomic E-state index is 0.190. The van der Waals surface area contributed by atoms with Crippen LogP contribution < -0.4 is 5.32 Å². The van der Waals surface area contributed by atoms with E-state index in [4.69, 9.17) is 16.7 Å². The average Bonchev–Trinajstić information content (AvgIpc) is 2.12. The summed E-state index contributed by atoms with van der Waals surface area (Å²) in [6.07, 6.45) is 1.36. The molecular formula is C11H12ClNO2. The van der Waals surface area contributed by atoms with E-state index < -0.39 is 5.97 Å². The SMILES string of the molecule is O=C(O)C1CC(Nc2ccccc2Cl)C1. The van der Waals surface area contributed by atoms with Crippen molar-refractivity contribution in [1.82, 2.24) is 0 Å². The maximum atomic E-state index is 10.6. The smallest absolute Gasteiger partial charge is 0.306 e. The van der Waals surface area contributed by atoms with Crippen LogP contribution in [0, 0.1) is 5.92 Å². The molecule has 80 valence electrons. The van der Waals surface area contributed by atoms with Gasteiger partial charge in [0.05, 0.1) is 16.6 Å². The molecule has 0 aliphatic heterocycles. The van der Waals surface area contributed by atoms with Crippen molar-refractivity contribution < 1.29 is 9.90 Å². The number of para-hydroxylation sites is 1. The first-order chi connectivity index (χ1) is 7.16. The molecule has 1 saturated carbocycles. The monoisotopic (exact) mass is 225 g/mol. The number of hydrogen-bond acceptors (Lipinski definition) is 2. The van der Waals surface area contributed by atoms with Gasteiger partial charge in [0.25, 0.3) is 0 Å². The maximum Gasteiger partial charge on any atom is 0.306 e. The Hall–Kier alpha value is -1.22. The third-order valence-corrected chi connectivity index (χ3v) is 3.05. The lowest BCUT2D eigenvalue weighted by molar-refractivity contribution is -0.144. The average molecular weight is 226 g/mol. The van der Waals surface area contributed by atoms with Gasteiger partial charge < -0.3 is 10.4 Å². The van der Waals surface area contributed by atoms with Crippen molar-refractivity contribution >= 4 is 23.3 Å². The number of nitrogens with one attached hydrogen (secondary N) is 1. The van der Waals surface area contributed by atoms with E-state index in [1.54, 1.807) is 0 Å². The summed E-state index contributed by atoms with van der Waals surface area (Å²) in [5.74, 6) is -0.891. The van der Waals surface area contributed by atoms with Gasteiger partial charge in [-0.3, -0.25) is 4.79 Å². The first-order valence-electron chi connectivity index (χ1n) is 4.90. The first-order valence-corrected chi connectivity index (χ1v) is 5.28. The highest BCUT2D eigenvalue weighted by Gasteiger charge is 2.34. The number of rotatable bonds is 3. The molecule has 1 aromatic rings. The molecule has 0 atom stereocenters. The van der Waals surface area contributed by atoms with Crippen LogP contribution in [0.5, 0.6) is 0 Å². The number of carbonyl (C=O) groups is 1. The molecule has 0 saturated heterocycles. The van der Waals surface area contributed by atoms with Crippen LogP contribution in [-0.4, -0.2) is 17.1 Å². The summed E-state index contributed by atoms with van der Waals surface area (Å²) in [7, 11) is 0. The highest BCUT2D eigenvalue weighted by atomic mass is 35.5. The zero-order chi connectivity index (χ0) is 10.8. The van der Waals surface area contributed by atoms with Gasteiger partial charge in [0.15, 0.2) is 0 Å². The summed E-state index contributed by atoms with van der Waals surface area (Å²) in [5, 5.41) is 12.6. The minimum Gasteiger partial charge on any atom is -0.481 e. The predicted octanol–water partition coefficient (Wildman–Crippen LogP) is 2.62. The summed E-state index contributed by atoms with van der Waals surface area (Å²) in [6.45, 7) is 0. The number of benzene rings is 1. The largest absolute Gasteiger partial charge is 0.481 e. The van der Waals surface area contributed by atoms with E-state index in [0.717, 1.165) is 5.69 Å². The predicted molar refractivity (Wildman–Crippen MR) is 59.2 cm³/mol. The Bertz CT molecular complexity index is 375. The first kappa shape index (κ1) is 10.3. The van der Waals surface area contributed by atoms with E-state index in [0.29, 0.717) is 17.9 Å². The van der Waals surface area contributed by atoms with Crippen LogP contribution in [0.1, 0.15) is 12.8 Å². The molecule has 2 N–H and O–H groups in total. The molecule has 1 aliphatic carbocycles. The Morgan fingerprint density at radius 2 is 2.07 bits per heavy atom. The molecular weight excluding hydrogens is 214 g/mol. The van der Waals surface area contributed by atoms with Crippen molar-refractivity contribution in [1.29, 1.82) is 0 Å². The fourth-order valence-electron chi connectivity index (χ4n) is 1.74. The second-order valence-electron chi connectivity index (χ2n) is 3.83. The minimum atomic E-state index is -0.702. The van der Waals surface area contributed by atoms with Crippen molar-refractivity contribution in [2.75, 3.05) is 5.32 Å². The van der Waals surface area contributed by atoms with Gasteiger partial charge in [-0.05, 0) is 25.0 Å². The third kappa shape index (κ3) is 2.23. The van der Waals surface area contributed by atoms with E-state index in [1.807, 2.05) is 24.3 Å². The number of anilines is 1. The molecule has 0 amide bonds. The molecule has 1 aliphatic rings. The van der Waals surface area contributed by atoms with Crippen molar-refractivity contribution in [3.8, 4) is 0 Å². The van der Waals surface area contributed by atoms with Crippen molar-refractivity contribution in [3.63, 3.8) is 0 Å². The lowest BCUT2D eigenvalue weighted by Gasteiger charge is -2.33. The molecule has 0 radical (unpaired) electrons. The Kier molecular flexibility index (Phi) is 2.82. The molecule has 0 aromatic heterocycles. The van der Waals surface area contributed by atoms with Gasteiger partial charge in [-0.25, -0.2) is 0 Å². The zero-order valence-corrected chi connectivity index (χ0v) is 8.87. The van der Waals surface area contributed by atoms with E-state index in [2.05, 4.69) is 5.32 Å². The van der Waals surface area contributed by atoms with Crippen LogP contribution in [-0.2, 0) is 4.79 Å². The van der Waals surface area contributed by atoms with Gasteiger partial charge in [0, 0.05) is 6.04 Å². The number of carboxylic acids is 1. The second-order valence-corrected chi connectivity index (χ2v) is 4.23. The highest BCUT2D eigenvalue weighted by molar-refractivity contribution is 6.33. The van der Waals surface area contributed by atoms with E-state index in [9.17, 15) is 4.79 Å². The molecule has 0 unspecified atom stereocenters. The van der Waals surface area contributed by atoms with Gasteiger partial charge in [-0.15, -0.1) is 0 Å². The van der Waals surface area contributed by atoms with Crippen LogP contribution in [0.25, 0.3) is 0 Å². The molecule has 2 rings (SSSR count). The van der Waals surface area contributed by atoms with Gasteiger partial charge in [0.1, 0.15) is 0 Å². The summed E-state index contributed by atoms with van der Waals surface area (Å²) in [5.41, 5.74) is 0.882. The lowest BCUT2D eigenvalue weighted by Crippen LogP contribution is -2.39. The van der Waals surface area contributed by atoms with Gasteiger partial charge >= 0.3 is 5.97 Å². The second kappa shape index (κ2) is 4.11. The summed E-state index contributed by atoms with van der Waals surface area (Å²) in [6, 6.07) is 7.73. The van der Waals surface area contributed by atoms with Gasteiger partial charge in [0.2, 0.25) is 0 Å². The summed E-state index contributed by atoms with van der Waals surface area (Å²) >= 11 is 5.97. The van der Waals surface area contributed by atoms with Crippen molar-refractivity contribution in [3.05, 3.63) is 29.3 Å². The van der Waals surface area contributed by atoms with Crippen molar-refractivity contribution in [2.24, 2.45) is 5.92 Å². The Morgan fingerprint density at radius 3 is 2.67 bits per heavy atom. The molecule has 4 heteroatoms. The van der Waals surface area contributed by atoms with Gasteiger partial charge in [-0.1, -0.05) is 23.7 Å². The molecule has 0 heterocycles. The maximum absolute atomic E-state index is 10.6. The molecule has 1 fully saturated rings. The topological polar surface area (TPSA) is 49.3 Å². The Morgan fingerprint density at radius 1 is 1.40 bits per heavy atom. The third-order valence-electron chi connectivity index (χ3n) is 2.72. The summed E-state index contributed by atoms with van der Waals surface area (Å²) in [4.78, 5) is 10.6. The van der Waals surface area contributed by atoms with Crippen molar-refractivity contribution in [2.45, 2.75) is 18.9 Å². The van der Waals surface area contributed by atoms with E-state index in [1.165, 1.54) is 0 Å². The molecule has 15 heavy (non-hydrogen) atoms. The zero-order valence-electron chi connectivity index (χ0n) is 8.11. The van der Waals surface area contributed by atoms with E-state index in [-0.39, 0.29) is 12.0 Å². The quantitative estimate of drug-likeness (QED) is 0.832. The lowest BCUT2D eigenvalue weighted by atomic mass is 9.80. The van der Waals surface area contributed by atoms with Crippen LogP contribution in [0.2, 0.25) is 5.02 Å². The fraction of sp³-hybridized carbons (Fsp3) is 0.364. The number of aliphatic carboxylic acids is 1. The van der Waals surface area contributed by atoms with E-state index >= 15 is 0 Å². The molecule has 0 bridgehead atoms. The normalized spacial score (nSPS) is 24.3. The standard InChI is InChI=1S/C11H12ClNO2/c12-9-3-1-2-4-10(9)13-8-5-7(6-8)11(14)15/h1-4,7-8,13H,5-6H2,(H,14,15). The number of carboxylic acid groups (broad SMARTS) is 1. The van der Waals surface area contributed by atoms with Crippen LogP contribution >= 0.6 is 11.6 Å². The molecule has 1 aromatic carbocycles. The number of halogens is 1. The number of hydrogen-bond donors (Lipinski definition) is 2. The van der Waals surface area contributed by atoms with Crippen LogP contribution in [0.15, 0.2) is 24.3 Å². The molecule has 3 nitrogen and oxygen atoms in total. The Balaban J connectivity index is 1.90. The summed E-state index contributed by atoms with van der Waals surface area (Å²) < 4.78 is 0. The van der Waals surface area contributed by atoms with Crippen LogP contribution in [0.4, 0.5) is 5.69 Å². The Labute approximate surface area is 93.1 Å².